The largest absolute Gasteiger partial charge is 0.361 e. The highest BCUT2D eigenvalue weighted by Crippen LogP contribution is 2.30. The number of carbonyl (C=O) groups is 1. The third-order valence-electron chi connectivity index (χ3n) is 5.07. The molecule has 27 heavy (non-hydrogen) atoms. The van der Waals surface area contributed by atoms with Gasteiger partial charge in [0.05, 0.1) is 11.4 Å². The summed E-state index contributed by atoms with van der Waals surface area (Å²) in [6.45, 7) is 7.00. The molecule has 4 rings (SSSR count). The monoisotopic (exact) mass is 366 g/mol. The molecule has 0 radical (unpaired) electrons. The van der Waals surface area contributed by atoms with Crippen LogP contribution >= 0.6 is 0 Å². The summed E-state index contributed by atoms with van der Waals surface area (Å²) in [7, 11) is 0. The van der Waals surface area contributed by atoms with Gasteiger partial charge in [0, 0.05) is 48.1 Å². The Morgan fingerprint density at radius 1 is 1.19 bits per heavy atom. The summed E-state index contributed by atoms with van der Waals surface area (Å²) in [5.41, 5.74) is 4.56. The lowest BCUT2D eigenvalue weighted by molar-refractivity contribution is 0.0664. The van der Waals surface area contributed by atoms with Crippen LogP contribution in [-0.4, -0.2) is 39.2 Å². The molecule has 3 aromatic heterocycles. The smallest absolute Gasteiger partial charge is 0.292 e. The van der Waals surface area contributed by atoms with Gasteiger partial charge in [-0.25, -0.2) is 0 Å². The van der Waals surface area contributed by atoms with E-state index < -0.39 is 0 Å². The second-order valence-corrected chi connectivity index (χ2v) is 7.09. The molecule has 3 aromatic rings. The minimum absolute atomic E-state index is 0.104. The fourth-order valence-corrected chi connectivity index (χ4v) is 3.71. The summed E-state index contributed by atoms with van der Waals surface area (Å²) in [5.74, 6) is 1.20. The highest BCUT2D eigenvalue weighted by Gasteiger charge is 2.28. The predicted molar refractivity (Wildman–Crippen MR) is 98.3 cm³/mol. The minimum Gasteiger partial charge on any atom is -0.361 e. The number of amides is 1. The van der Waals surface area contributed by atoms with Crippen molar-refractivity contribution in [2.24, 2.45) is 0 Å². The van der Waals surface area contributed by atoms with Crippen molar-refractivity contribution < 1.29 is 13.8 Å². The number of rotatable bonds is 3. The quantitative estimate of drug-likeness (QED) is 0.703. The fraction of sp³-hybridized carbons (Fsp3) is 0.400. The molecule has 140 valence electrons. The summed E-state index contributed by atoms with van der Waals surface area (Å²) in [5, 5.41) is 7.81. The normalized spacial score (nSPS) is 17.3. The highest BCUT2D eigenvalue weighted by molar-refractivity contribution is 5.91. The fourth-order valence-electron chi connectivity index (χ4n) is 3.71. The topological polar surface area (TPSA) is 85.3 Å². The zero-order chi connectivity index (χ0) is 19.0. The second-order valence-electron chi connectivity index (χ2n) is 7.09. The van der Waals surface area contributed by atoms with Gasteiger partial charge in [-0.3, -0.25) is 9.78 Å². The van der Waals surface area contributed by atoms with Crippen LogP contribution in [0.5, 0.6) is 0 Å². The van der Waals surface area contributed by atoms with Crippen LogP contribution in [0.3, 0.4) is 0 Å². The Labute approximate surface area is 157 Å². The lowest BCUT2D eigenvalue weighted by Gasteiger charge is -2.31. The van der Waals surface area contributed by atoms with E-state index in [4.69, 9.17) is 9.05 Å². The molecular formula is C20H22N4O3. The minimum atomic E-state index is -0.104. The average Bonchev–Trinajstić information content (AvgIpc) is 3.27. The maximum atomic E-state index is 12.6. The molecule has 0 saturated carbocycles. The van der Waals surface area contributed by atoms with Gasteiger partial charge in [0.2, 0.25) is 5.76 Å². The summed E-state index contributed by atoms with van der Waals surface area (Å²) in [6, 6.07) is 5.77. The first-order valence-electron chi connectivity index (χ1n) is 9.14. The number of hydrogen-bond donors (Lipinski definition) is 0. The van der Waals surface area contributed by atoms with Crippen LogP contribution in [0.4, 0.5) is 0 Å². The van der Waals surface area contributed by atoms with Crippen molar-refractivity contribution in [2.45, 2.75) is 39.5 Å². The zero-order valence-corrected chi connectivity index (χ0v) is 15.7. The van der Waals surface area contributed by atoms with Crippen LogP contribution in [0, 0.1) is 20.8 Å². The Morgan fingerprint density at radius 3 is 2.67 bits per heavy atom. The maximum absolute atomic E-state index is 12.6. The van der Waals surface area contributed by atoms with Crippen LogP contribution in [0.15, 0.2) is 33.4 Å². The van der Waals surface area contributed by atoms with Crippen molar-refractivity contribution in [2.75, 3.05) is 13.1 Å². The van der Waals surface area contributed by atoms with E-state index in [-0.39, 0.29) is 11.8 Å². The number of likely N-dealkylation sites (tertiary alicyclic amines) is 1. The number of pyridine rings is 1. The molecule has 1 fully saturated rings. The Balaban J connectivity index is 1.51. The van der Waals surface area contributed by atoms with E-state index in [9.17, 15) is 4.79 Å². The molecule has 7 nitrogen and oxygen atoms in total. The van der Waals surface area contributed by atoms with Gasteiger partial charge in [-0.15, -0.1) is 0 Å². The first-order chi connectivity index (χ1) is 13.0. The van der Waals surface area contributed by atoms with E-state index in [1.165, 1.54) is 0 Å². The summed E-state index contributed by atoms with van der Waals surface area (Å²) in [4.78, 5) is 19.1. The van der Waals surface area contributed by atoms with Crippen molar-refractivity contribution in [3.05, 3.63) is 53.0 Å². The molecule has 0 unspecified atom stereocenters. The van der Waals surface area contributed by atoms with Gasteiger partial charge in [0.1, 0.15) is 5.76 Å². The summed E-state index contributed by atoms with van der Waals surface area (Å²) < 4.78 is 10.4. The molecule has 4 heterocycles. The van der Waals surface area contributed by atoms with Gasteiger partial charge in [-0.2, -0.15) is 0 Å². The molecule has 0 bridgehead atoms. The van der Waals surface area contributed by atoms with Crippen molar-refractivity contribution in [1.29, 1.82) is 0 Å². The standard InChI is InChI=1S/C20H22N4O3/c1-12-9-18(27-22-12)20(25)24-8-4-5-16(11-24)17-7-6-15(10-21-17)19-13(2)23-26-14(19)3/h6-7,9-10,16H,4-5,8,11H2,1-3H3/t16-/m1/s1. The molecule has 1 atom stereocenters. The average molecular weight is 366 g/mol. The highest BCUT2D eigenvalue weighted by atomic mass is 16.5. The third kappa shape index (κ3) is 3.37. The van der Waals surface area contributed by atoms with Gasteiger partial charge >= 0.3 is 0 Å². The number of aryl methyl sites for hydroxylation is 3. The SMILES string of the molecule is Cc1cc(C(=O)N2CCC[C@@H](c3ccc(-c4c(C)noc4C)cn3)C2)on1. The van der Waals surface area contributed by atoms with E-state index in [1.807, 2.05) is 37.9 Å². The summed E-state index contributed by atoms with van der Waals surface area (Å²) in [6.07, 6.45) is 3.82. The van der Waals surface area contributed by atoms with Crippen LogP contribution in [0.25, 0.3) is 11.1 Å². The van der Waals surface area contributed by atoms with Crippen LogP contribution < -0.4 is 0 Å². The molecule has 0 aliphatic carbocycles. The second kappa shape index (κ2) is 6.98. The number of nitrogens with zero attached hydrogens (tertiary/aromatic N) is 4. The van der Waals surface area contributed by atoms with E-state index in [2.05, 4.69) is 21.4 Å². The summed E-state index contributed by atoms with van der Waals surface area (Å²) >= 11 is 0. The van der Waals surface area contributed by atoms with Gasteiger partial charge in [-0.1, -0.05) is 16.4 Å². The van der Waals surface area contributed by atoms with Gasteiger partial charge in [-0.05, 0) is 39.7 Å². The van der Waals surface area contributed by atoms with Crippen molar-refractivity contribution in [3.8, 4) is 11.1 Å². The third-order valence-corrected chi connectivity index (χ3v) is 5.07. The molecule has 0 spiro atoms. The van der Waals surface area contributed by atoms with Crippen LogP contribution in [0.2, 0.25) is 0 Å². The molecule has 1 aliphatic heterocycles. The van der Waals surface area contributed by atoms with Gasteiger partial charge in [0.25, 0.3) is 5.91 Å². The lowest BCUT2D eigenvalue weighted by Crippen LogP contribution is -2.39. The molecule has 1 aliphatic rings. The molecule has 0 N–H and O–H groups in total. The van der Waals surface area contributed by atoms with Crippen molar-refractivity contribution in [1.82, 2.24) is 20.2 Å². The molecule has 1 saturated heterocycles. The van der Waals surface area contributed by atoms with Gasteiger partial charge < -0.3 is 13.9 Å². The molecule has 7 heteroatoms. The van der Waals surface area contributed by atoms with Crippen LogP contribution in [0.1, 0.15) is 52.2 Å². The Morgan fingerprint density at radius 2 is 2.04 bits per heavy atom. The Hall–Kier alpha value is -2.96. The molecular weight excluding hydrogens is 344 g/mol. The number of piperidine rings is 1. The van der Waals surface area contributed by atoms with E-state index in [0.29, 0.717) is 18.0 Å². The Bertz CT molecular complexity index is 939. The number of carbonyl (C=O) groups excluding carboxylic acids is 1. The zero-order valence-electron chi connectivity index (χ0n) is 15.7. The number of aromatic nitrogens is 3. The Kier molecular flexibility index (Phi) is 4.51. The van der Waals surface area contributed by atoms with Crippen molar-refractivity contribution in [3.63, 3.8) is 0 Å². The first kappa shape index (κ1) is 17.5. The maximum Gasteiger partial charge on any atom is 0.292 e. The van der Waals surface area contributed by atoms with Gasteiger partial charge in [0.15, 0.2) is 0 Å². The first-order valence-corrected chi connectivity index (χ1v) is 9.14. The molecule has 0 aromatic carbocycles. The van der Waals surface area contributed by atoms with E-state index in [1.54, 1.807) is 6.07 Å². The predicted octanol–water partition coefficient (Wildman–Crippen LogP) is 3.67. The molecule has 1 amide bonds. The van der Waals surface area contributed by atoms with Crippen molar-refractivity contribution >= 4 is 5.91 Å². The number of hydrogen-bond acceptors (Lipinski definition) is 6. The van der Waals surface area contributed by atoms with E-state index >= 15 is 0 Å². The lowest BCUT2D eigenvalue weighted by atomic mass is 9.93. The van der Waals surface area contributed by atoms with Crippen LogP contribution in [-0.2, 0) is 0 Å². The van der Waals surface area contributed by atoms with E-state index in [0.717, 1.165) is 47.7 Å².